The molecule has 1 aliphatic carbocycles. The Labute approximate surface area is 124 Å². The van der Waals surface area contributed by atoms with Gasteiger partial charge in [0.25, 0.3) is 5.91 Å². The Balaban J connectivity index is 1.99. The second kappa shape index (κ2) is 5.72. The first-order chi connectivity index (χ1) is 10.2. The fourth-order valence-electron chi connectivity index (χ4n) is 3.36. The Morgan fingerprint density at radius 3 is 2.62 bits per heavy atom. The van der Waals surface area contributed by atoms with E-state index in [1.54, 1.807) is 6.08 Å². The Hall–Kier alpha value is -2.10. The van der Waals surface area contributed by atoms with Crippen LogP contribution in [0.25, 0.3) is 5.70 Å². The summed E-state index contributed by atoms with van der Waals surface area (Å²) >= 11 is 0. The molecule has 2 atom stereocenters. The van der Waals surface area contributed by atoms with Crippen LogP contribution in [0.3, 0.4) is 0 Å². The fraction of sp³-hybridized carbons (Fsp3) is 0.412. The van der Waals surface area contributed by atoms with Crippen LogP contribution in [0, 0.1) is 0 Å². The van der Waals surface area contributed by atoms with Crippen molar-refractivity contribution >= 4 is 17.5 Å². The molecule has 1 N–H and O–H groups in total. The number of amides is 2. The van der Waals surface area contributed by atoms with Crippen LogP contribution in [0.5, 0.6) is 0 Å². The van der Waals surface area contributed by atoms with Gasteiger partial charge in [-0.15, -0.1) is 0 Å². The van der Waals surface area contributed by atoms with Gasteiger partial charge in [-0.25, -0.2) is 0 Å². The smallest absolute Gasteiger partial charge is 0.255 e. The first kappa shape index (κ1) is 13.9. The quantitative estimate of drug-likeness (QED) is 0.861. The predicted octanol–water partition coefficient (Wildman–Crippen LogP) is 2.32. The van der Waals surface area contributed by atoms with Crippen molar-refractivity contribution in [2.24, 2.45) is 0 Å². The summed E-state index contributed by atoms with van der Waals surface area (Å²) in [6, 6.07) is 9.94. The molecule has 0 saturated heterocycles. The standard InChI is InChI=1S/C17H20N2O2/c1-12(20)19-16-10-6-5-9-14(16)18-15(11-17(19)21)13-7-3-2-4-8-13/h2-4,7-8,11,14,16,18H,5-6,9-10H2,1H3/t14-,16-/m0/s1. The number of imide groups is 1. The zero-order valence-corrected chi connectivity index (χ0v) is 12.2. The molecular formula is C17H20N2O2. The van der Waals surface area contributed by atoms with Crippen LogP contribution in [-0.4, -0.2) is 28.8 Å². The molecular weight excluding hydrogens is 264 g/mol. The summed E-state index contributed by atoms with van der Waals surface area (Å²) in [7, 11) is 0. The van der Waals surface area contributed by atoms with Crippen molar-refractivity contribution in [3.63, 3.8) is 0 Å². The number of benzene rings is 1. The molecule has 0 bridgehead atoms. The molecule has 1 fully saturated rings. The van der Waals surface area contributed by atoms with Gasteiger partial charge in [-0.2, -0.15) is 0 Å². The van der Waals surface area contributed by atoms with Gasteiger partial charge >= 0.3 is 0 Å². The minimum atomic E-state index is -0.205. The number of fused-ring (bicyclic) bond motifs is 1. The van der Waals surface area contributed by atoms with Crippen LogP contribution in [0.1, 0.15) is 38.2 Å². The van der Waals surface area contributed by atoms with E-state index in [0.29, 0.717) is 0 Å². The van der Waals surface area contributed by atoms with E-state index in [1.165, 1.54) is 11.8 Å². The zero-order chi connectivity index (χ0) is 14.8. The Morgan fingerprint density at radius 1 is 1.19 bits per heavy atom. The summed E-state index contributed by atoms with van der Waals surface area (Å²) < 4.78 is 0. The number of nitrogens with one attached hydrogen (secondary N) is 1. The highest BCUT2D eigenvalue weighted by Gasteiger charge is 2.37. The van der Waals surface area contributed by atoms with Crippen LogP contribution in [0.2, 0.25) is 0 Å². The van der Waals surface area contributed by atoms with E-state index in [-0.39, 0.29) is 23.9 Å². The topological polar surface area (TPSA) is 49.4 Å². The Bertz CT molecular complexity index is 580. The van der Waals surface area contributed by atoms with Crippen LogP contribution in [-0.2, 0) is 9.59 Å². The molecule has 1 aromatic carbocycles. The fourth-order valence-corrected chi connectivity index (χ4v) is 3.36. The van der Waals surface area contributed by atoms with Crippen molar-refractivity contribution in [2.45, 2.75) is 44.7 Å². The molecule has 0 spiro atoms. The maximum absolute atomic E-state index is 12.5. The molecule has 2 aliphatic rings. The van der Waals surface area contributed by atoms with Crippen LogP contribution < -0.4 is 5.32 Å². The highest BCUT2D eigenvalue weighted by Crippen LogP contribution is 2.28. The molecule has 3 rings (SSSR count). The third-order valence-electron chi connectivity index (χ3n) is 4.33. The normalized spacial score (nSPS) is 25.5. The molecule has 2 amide bonds. The molecule has 1 saturated carbocycles. The molecule has 0 aromatic heterocycles. The van der Waals surface area contributed by atoms with E-state index in [1.807, 2.05) is 30.3 Å². The van der Waals surface area contributed by atoms with Gasteiger partial charge in [-0.3, -0.25) is 14.5 Å². The van der Waals surface area contributed by atoms with E-state index in [2.05, 4.69) is 5.32 Å². The van der Waals surface area contributed by atoms with Gasteiger partial charge in [0.2, 0.25) is 5.91 Å². The second-order valence-electron chi connectivity index (χ2n) is 5.75. The molecule has 1 heterocycles. The summed E-state index contributed by atoms with van der Waals surface area (Å²) in [5.74, 6) is -0.368. The lowest BCUT2D eigenvalue weighted by molar-refractivity contribution is -0.144. The maximum Gasteiger partial charge on any atom is 0.255 e. The van der Waals surface area contributed by atoms with Crippen molar-refractivity contribution in [3.05, 3.63) is 42.0 Å². The van der Waals surface area contributed by atoms with Crippen LogP contribution in [0.4, 0.5) is 0 Å². The average Bonchev–Trinajstić information content (AvgIpc) is 2.63. The molecule has 1 aliphatic heterocycles. The first-order valence-corrected chi connectivity index (χ1v) is 7.54. The van der Waals surface area contributed by atoms with Crippen molar-refractivity contribution < 1.29 is 9.59 Å². The summed E-state index contributed by atoms with van der Waals surface area (Å²) in [4.78, 5) is 25.8. The first-order valence-electron chi connectivity index (χ1n) is 7.54. The van der Waals surface area contributed by atoms with E-state index in [0.717, 1.165) is 36.9 Å². The molecule has 4 nitrogen and oxygen atoms in total. The Kier molecular flexibility index (Phi) is 3.78. The predicted molar refractivity (Wildman–Crippen MR) is 81.1 cm³/mol. The molecule has 0 unspecified atom stereocenters. The van der Waals surface area contributed by atoms with Crippen molar-refractivity contribution in [2.75, 3.05) is 0 Å². The van der Waals surface area contributed by atoms with Gasteiger partial charge in [0.15, 0.2) is 0 Å². The van der Waals surface area contributed by atoms with Gasteiger partial charge < -0.3 is 5.32 Å². The van der Waals surface area contributed by atoms with E-state index in [4.69, 9.17) is 0 Å². The third kappa shape index (κ3) is 2.71. The van der Waals surface area contributed by atoms with E-state index in [9.17, 15) is 9.59 Å². The number of hydrogen-bond donors (Lipinski definition) is 1. The number of carbonyl (C=O) groups is 2. The molecule has 4 heteroatoms. The molecule has 1 aromatic rings. The summed E-state index contributed by atoms with van der Waals surface area (Å²) in [6.07, 6.45) is 5.65. The highest BCUT2D eigenvalue weighted by molar-refractivity contribution is 6.04. The van der Waals surface area contributed by atoms with Gasteiger partial charge in [-0.1, -0.05) is 43.2 Å². The summed E-state index contributed by atoms with van der Waals surface area (Å²) in [5, 5.41) is 3.50. The van der Waals surface area contributed by atoms with Crippen molar-refractivity contribution in [1.82, 2.24) is 10.2 Å². The van der Waals surface area contributed by atoms with Gasteiger partial charge in [0.05, 0.1) is 6.04 Å². The van der Waals surface area contributed by atoms with Crippen molar-refractivity contribution in [3.8, 4) is 0 Å². The molecule has 21 heavy (non-hydrogen) atoms. The van der Waals surface area contributed by atoms with Crippen molar-refractivity contribution in [1.29, 1.82) is 0 Å². The molecule has 110 valence electrons. The summed E-state index contributed by atoms with van der Waals surface area (Å²) in [5.41, 5.74) is 1.81. The summed E-state index contributed by atoms with van der Waals surface area (Å²) in [6.45, 7) is 1.48. The number of nitrogens with zero attached hydrogens (tertiary/aromatic N) is 1. The molecule has 0 radical (unpaired) electrons. The second-order valence-corrected chi connectivity index (χ2v) is 5.75. The lowest BCUT2D eigenvalue weighted by atomic mass is 9.89. The highest BCUT2D eigenvalue weighted by atomic mass is 16.2. The lowest BCUT2D eigenvalue weighted by Crippen LogP contribution is -2.52. The lowest BCUT2D eigenvalue weighted by Gasteiger charge is -2.37. The largest absolute Gasteiger partial charge is 0.380 e. The van der Waals surface area contributed by atoms with Gasteiger partial charge in [0.1, 0.15) is 0 Å². The van der Waals surface area contributed by atoms with E-state index >= 15 is 0 Å². The SMILES string of the molecule is CC(=O)N1C(=O)C=C(c2ccccc2)N[C@H]2CCCC[C@@H]21. The van der Waals surface area contributed by atoms with Crippen LogP contribution in [0.15, 0.2) is 36.4 Å². The number of hydrogen-bond acceptors (Lipinski definition) is 3. The third-order valence-corrected chi connectivity index (χ3v) is 4.33. The average molecular weight is 284 g/mol. The maximum atomic E-state index is 12.5. The minimum Gasteiger partial charge on any atom is -0.380 e. The zero-order valence-electron chi connectivity index (χ0n) is 12.2. The number of carbonyl (C=O) groups excluding carboxylic acids is 2. The number of rotatable bonds is 1. The van der Waals surface area contributed by atoms with E-state index < -0.39 is 0 Å². The van der Waals surface area contributed by atoms with Gasteiger partial charge in [0, 0.05) is 24.7 Å². The van der Waals surface area contributed by atoms with Gasteiger partial charge in [-0.05, 0) is 18.4 Å². The van der Waals surface area contributed by atoms with Crippen LogP contribution >= 0.6 is 0 Å². The monoisotopic (exact) mass is 284 g/mol. The minimum absolute atomic E-state index is 0.0267. The Morgan fingerprint density at radius 2 is 1.90 bits per heavy atom.